The quantitative estimate of drug-likeness (QED) is 0.581. The Bertz CT molecular complexity index is 482. The normalized spacial score (nSPS) is 20.3. The second kappa shape index (κ2) is 5.87. The molecule has 1 unspecified atom stereocenters. The molecule has 0 saturated carbocycles. The summed E-state index contributed by atoms with van der Waals surface area (Å²) in [5.74, 6) is 0. The molecule has 104 valence electrons. The fraction of sp³-hybridized carbons (Fsp3) is 0.300. The van der Waals surface area contributed by atoms with E-state index < -0.39 is 3.12 Å². The summed E-state index contributed by atoms with van der Waals surface area (Å²) in [5, 5.41) is 0. The van der Waals surface area contributed by atoms with Crippen LogP contribution < -0.4 is 10.3 Å². The Morgan fingerprint density at radius 3 is 2.42 bits per heavy atom. The first-order valence-corrected chi connectivity index (χ1v) is 7.89. The molecular weight excluding hydrogens is 396 g/mol. The van der Waals surface area contributed by atoms with Crippen molar-refractivity contribution in [3.05, 3.63) is 28.7 Å². The number of hydrazine groups is 1. The van der Waals surface area contributed by atoms with Crippen molar-refractivity contribution in [1.82, 2.24) is 9.84 Å². The van der Waals surface area contributed by atoms with Crippen molar-refractivity contribution in [2.45, 2.75) is 16.2 Å². The first-order chi connectivity index (χ1) is 8.78. The number of nitrogens with one attached hydrogen (secondary N) is 1. The maximum Gasteiger partial charge on any atom is 0.350 e. The lowest BCUT2D eigenvalue weighted by atomic mass is 10.3. The molecule has 1 aliphatic heterocycles. The van der Waals surface area contributed by atoms with E-state index in [0.29, 0.717) is 0 Å². The zero-order valence-corrected chi connectivity index (χ0v) is 14.3. The minimum atomic E-state index is -1.60. The number of rotatable bonds is 2. The molecule has 9 heteroatoms. The van der Waals surface area contributed by atoms with E-state index in [0.717, 1.165) is 22.1 Å². The predicted octanol–water partition coefficient (Wildman–Crippen LogP) is 4.52. The highest BCUT2D eigenvalue weighted by atomic mass is 79.9. The molecule has 0 aliphatic carbocycles. The van der Waals surface area contributed by atoms with Crippen LogP contribution in [0.15, 0.2) is 28.7 Å². The van der Waals surface area contributed by atoms with Crippen LogP contribution in [0.4, 0.5) is 10.5 Å². The average Bonchev–Trinajstić information content (AvgIpc) is 2.54. The van der Waals surface area contributed by atoms with Crippen molar-refractivity contribution < 1.29 is 4.79 Å². The van der Waals surface area contributed by atoms with Crippen LogP contribution in [0.2, 0.25) is 0 Å². The van der Waals surface area contributed by atoms with E-state index in [1.807, 2.05) is 31.2 Å². The molecule has 1 aromatic carbocycles. The molecule has 2 rings (SSSR count). The number of carbonyl (C=O) groups excluding carboxylic acids is 1. The summed E-state index contributed by atoms with van der Waals surface area (Å²) in [6, 6.07) is 7.11. The molecule has 0 aromatic heterocycles. The van der Waals surface area contributed by atoms with Crippen LogP contribution in [0, 0.1) is 0 Å². The van der Waals surface area contributed by atoms with Crippen molar-refractivity contribution in [3.63, 3.8) is 0 Å². The average molecular weight is 406 g/mol. The molecule has 1 saturated heterocycles. The number of carbonyl (C=O) groups is 1. The topological polar surface area (TPSA) is 35.6 Å². The van der Waals surface area contributed by atoms with E-state index in [1.165, 1.54) is 4.41 Å². The number of amides is 2. The summed E-state index contributed by atoms with van der Waals surface area (Å²) in [6.45, 7) is 1.85. The van der Waals surface area contributed by atoms with Gasteiger partial charge >= 0.3 is 6.03 Å². The lowest BCUT2D eigenvalue weighted by molar-refractivity contribution is 0.236. The van der Waals surface area contributed by atoms with Crippen LogP contribution >= 0.6 is 62.7 Å². The van der Waals surface area contributed by atoms with E-state index in [9.17, 15) is 4.79 Å². The largest absolute Gasteiger partial charge is 0.350 e. The second-order valence-electron chi connectivity index (χ2n) is 3.77. The molecule has 1 fully saturated rings. The third-order valence-corrected chi connectivity index (χ3v) is 4.17. The van der Waals surface area contributed by atoms with Gasteiger partial charge in [0.1, 0.15) is 6.17 Å². The maximum atomic E-state index is 12.3. The van der Waals surface area contributed by atoms with Gasteiger partial charge in [0.15, 0.2) is 0 Å². The molecule has 0 radical (unpaired) electrons. The minimum Gasteiger partial charge on any atom is -0.275 e. The van der Waals surface area contributed by atoms with Gasteiger partial charge in [-0.15, -0.1) is 0 Å². The SMILES string of the molecule is CC1NN(SC(Cl)(Cl)Cl)C(=O)N1c1ccc(Br)cc1. The number of hydrogen-bond acceptors (Lipinski definition) is 3. The maximum absolute atomic E-state index is 12.3. The van der Waals surface area contributed by atoms with Gasteiger partial charge in [0.05, 0.1) is 0 Å². The third kappa shape index (κ3) is 3.83. The van der Waals surface area contributed by atoms with Crippen LogP contribution in [0.3, 0.4) is 0 Å². The zero-order valence-electron chi connectivity index (χ0n) is 9.61. The smallest absolute Gasteiger partial charge is 0.275 e. The van der Waals surface area contributed by atoms with Gasteiger partial charge in [0.25, 0.3) is 3.12 Å². The van der Waals surface area contributed by atoms with Crippen LogP contribution in [-0.2, 0) is 0 Å². The highest BCUT2D eigenvalue weighted by Gasteiger charge is 2.40. The molecule has 1 aliphatic rings. The molecular formula is C10H9BrCl3N3OS. The standard InChI is InChI=1S/C10H9BrCl3N3OS/c1-6-15-17(19-10(12,13)14)9(18)16(6)8-4-2-7(11)3-5-8/h2-6,15H,1H3. The predicted molar refractivity (Wildman–Crippen MR) is 84.3 cm³/mol. The molecule has 0 bridgehead atoms. The molecule has 19 heavy (non-hydrogen) atoms. The summed E-state index contributed by atoms with van der Waals surface area (Å²) in [7, 11) is 0. The van der Waals surface area contributed by atoms with Gasteiger partial charge in [0.2, 0.25) is 0 Å². The van der Waals surface area contributed by atoms with Crippen LogP contribution in [0.1, 0.15) is 6.92 Å². The number of anilines is 1. The van der Waals surface area contributed by atoms with Crippen molar-refractivity contribution in [3.8, 4) is 0 Å². The van der Waals surface area contributed by atoms with Crippen molar-refractivity contribution >= 4 is 74.4 Å². The highest BCUT2D eigenvalue weighted by molar-refractivity contribution is 9.10. The van der Waals surface area contributed by atoms with Gasteiger partial charge in [-0.05, 0) is 31.2 Å². The fourth-order valence-electron chi connectivity index (χ4n) is 1.65. The van der Waals surface area contributed by atoms with E-state index in [2.05, 4.69) is 21.4 Å². The number of nitrogens with zero attached hydrogens (tertiary/aromatic N) is 2. The fourth-order valence-corrected chi connectivity index (χ4v) is 3.11. The van der Waals surface area contributed by atoms with E-state index in [1.54, 1.807) is 4.90 Å². The first-order valence-electron chi connectivity index (χ1n) is 5.19. The highest BCUT2D eigenvalue weighted by Crippen LogP contribution is 2.42. The monoisotopic (exact) mass is 403 g/mol. The Balaban J connectivity index is 2.19. The summed E-state index contributed by atoms with van der Waals surface area (Å²) < 4.78 is 0.564. The first kappa shape index (κ1) is 15.5. The van der Waals surface area contributed by atoms with Crippen LogP contribution in [-0.4, -0.2) is 19.7 Å². The van der Waals surface area contributed by atoms with Gasteiger partial charge in [-0.1, -0.05) is 50.7 Å². The number of benzene rings is 1. The van der Waals surface area contributed by atoms with E-state index in [4.69, 9.17) is 34.8 Å². The Morgan fingerprint density at radius 2 is 1.89 bits per heavy atom. The van der Waals surface area contributed by atoms with Gasteiger partial charge in [-0.3, -0.25) is 4.90 Å². The summed E-state index contributed by atoms with van der Waals surface area (Å²) in [5.41, 5.74) is 3.70. The van der Waals surface area contributed by atoms with Gasteiger partial charge < -0.3 is 0 Å². The Hall–Kier alpha value is 0.150. The third-order valence-electron chi connectivity index (χ3n) is 2.37. The van der Waals surface area contributed by atoms with Gasteiger partial charge in [0, 0.05) is 22.1 Å². The van der Waals surface area contributed by atoms with E-state index >= 15 is 0 Å². The Labute approximate surface area is 138 Å². The van der Waals surface area contributed by atoms with Gasteiger partial charge in [-0.25, -0.2) is 4.79 Å². The summed E-state index contributed by atoms with van der Waals surface area (Å²) >= 11 is 21.2. The molecule has 1 heterocycles. The van der Waals surface area contributed by atoms with Crippen molar-refractivity contribution in [2.24, 2.45) is 0 Å². The van der Waals surface area contributed by atoms with Crippen molar-refractivity contribution in [1.29, 1.82) is 0 Å². The number of hydrogen-bond donors (Lipinski definition) is 1. The molecule has 2 amide bonds. The zero-order chi connectivity index (χ0) is 14.2. The molecule has 4 nitrogen and oxygen atoms in total. The summed E-state index contributed by atoms with van der Waals surface area (Å²) in [4.78, 5) is 13.8. The van der Waals surface area contributed by atoms with Crippen LogP contribution in [0.25, 0.3) is 0 Å². The number of halogens is 4. The lowest BCUT2D eigenvalue weighted by Gasteiger charge is -2.19. The van der Waals surface area contributed by atoms with Crippen LogP contribution in [0.5, 0.6) is 0 Å². The Kier molecular flexibility index (Phi) is 4.80. The number of alkyl halides is 3. The second-order valence-corrected chi connectivity index (χ2v) is 8.79. The molecule has 1 N–H and O–H groups in total. The molecule has 1 atom stereocenters. The Morgan fingerprint density at radius 1 is 1.32 bits per heavy atom. The molecule has 1 aromatic rings. The van der Waals surface area contributed by atoms with E-state index in [-0.39, 0.29) is 12.2 Å². The summed E-state index contributed by atoms with van der Waals surface area (Å²) in [6.07, 6.45) is -0.228. The van der Waals surface area contributed by atoms with Gasteiger partial charge in [-0.2, -0.15) is 9.84 Å². The minimum absolute atomic E-state index is 0.228. The number of urea groups is 1. The van der Waals surface area contributed by atoms with Crippen molar-refractivity contribution in [2.75, 3.05) is 4.90 Å². The molecule has 0 spiro atoms. The lowest BCUT2D eigenvalue weighted by Crippen LogP contribution is -2.34.